The highest BCUT2D eigenvalue weighted by molar-refractivity contribution is 7.84. The molecule has 2 aromatic carbocycles. The molecule has 0 spiro atoms. The zero-order chi connectivity index (χ0) is 32.0. The fourth-order valence-electron chi connectivity index (χ4n) is 5.03. The third-order valence-electron chi connectivity index (χ3n) is 7.78. The van der Waals surface area contributed by atoms with Crippen LogP contribution in [0.2, 0.25) is 0 Å². The topological polar surface area (TPSA) is 95.5 Å². The van der Waals surface area contributed by atoms with Gasteiger partial charge in [0.25, 0.3) is 12.3 Å². The molecule has 2 aliphatic rings. The molecule has 1 aliphatic heterocycles. The summed E-state index contributed by atoms with van der Waals surface area (Å²) in [6, 6.07) is 8.53. The molecule has 234 valence electrons. The zero-order valence-electron chi connectivity index (χ0n) is 24.1. The average molecular weight is 636 g/mol. The predicted octanol–water partition coefficient (Wildman–Crippen LogP) is 5.72. The Morgan fingerprint density at radius 3 is 2.25 bits per heavy atom. The number of nitrogens with zero attached hydrogens (tertiary/aromatic N) is 4. The lowest BCUT2D eigenvalue weighted by Gasteiger charge is -2.32. The van der Waals surface area contributed by atoms with Gasteiger partial charge in [-0.3, -0.25) is 13.8 Å². The fourth-order valence-corrected chi connectivity index (χ4v) is 5.60. The van der Waals surface area contributed by atoms with Crippen LogP contribution in [0.3, 0.4) is 0 Å². The maximum Gasteiger partial charge on any atom is 0.416 e. The number of halogens is 5. The summed E-state index contributed by atoms with van der Waals surface area (Å²) < 4.78 is 78.5. The molecule has 1 aliphatic carbocycles. The maximum atomic E-state index is 13.8. The van der Waals surface area contributed by atoms with Gasteiger partial charge in [0.2, 0.25) is 11.9 Å². The van der Waals surface area contributed by atoms with Crippen LogP contribution >= 0.6 is 0 Å². The lowest BCUT2D eigenvalue weighted by molar-refractivity contribution is -0.153. The van der Waals surface area contributed by atoms with E-state index in [-0.39, 0.29) is 24.8 Å². The lowest BCUT2D eigenvalue weighted by Crippen LogP contribution is -2.46. The Morgan fingerprint density at radius 2 is 1.70 bits per heavy atom. The monoisotopic (exact) mass is 635 g/mol. The largest absolute Gasteiger partial charge is 0.416 e. The number of hydrogen-bond donors (Lipinski definition) is 1. The van der Waals surface area contributed by atoms with Crippen molar-refractivity contribution in [2.45, 2.75) is 69.4 Å². The molecule has 0 bridgehead atoms. The molecule has 2 heterocycles. The first-order chi connectivity index (χ1) is 20.7. The van der Waals surface area contributed by atoms with Gasteiger partial charge >= 0.3 is 6.18 Å². The number of fused-ring (bicyclic) bond motifs is 1. The number of benzene rings is 2. The summed E-state index contributed by atoms with van der Waals surface area (Å²) in [5.74, 6) is -1.24. The Labute approximate surface area is 253 Å². The van der Waals surface area contributed by atoms with Crippen molar-refractivity contribution in [3.8, 4) is 0 Å². The summed E-state index contributed by atoms with van der Waals surface area (Å²) in [4.78, 5) is 39.1. The molecule has 1 aromatic heterocycles. The van der Waals surface area contributed by atoms with E-state index in [2.05, 4.69) is 15.3 Å². The standard InChI is InChI=1S/C30H30F5N5O3S/c1-29(2,26(31)32)27(42)40-16-18-12-22(44(3)43)10-11-23(18)24(40)25(41)38-20-13-36-28(37-14-20)39(21-8-9-21)15-17-4-6-19(7-5-17)30(33,34)35/h4-7,10-14,21,24,26H,8-9,15-16H2,1-3H3,(H,38,41). The molecule has 2 unspecified atom stereocenters. The Balaban J connectivity index is 1.36. The van der Waals surface area contributed by atoms with Crippen molar-refractivity contribution in [1.82, 2.24) is 14.9 Å². The van der Waals surface area contributed by atoms with Gasteiger partial charge in [0, 0.05) is 41.1 Å². The van der Waals surface area contributed by atoms with Crippen LogP contribution in [0.1, 0.15) is 55.0 Å². The predicted molar refractivity (Wildman–Crippen MR) is 153 cm³/mol. The van der Waals surface area contributed by atoms with Crippen molar-refractivity contribution in [3.05, 3.63) is 77.1 Å². The van der Waals surface area contributed by atoms with Crippen LogP contribution in [0.15, 0.2) is 59.8 Å². The van der Waals surface area contributed by atoms with E-state index in [1.807, 2.05) is 4.90 Å². The summed E-state index contributed by atoms with van der Waals surface area (Å²) in [6.45, 7) is 2.42. The first-order valence-corrected chi connectivity index (χ1v) is 15.3. The second-order valence-corrected chi connectivity index (χ2v) is 12.9. The second-order valence-electron chi connectivity index (χ2n) is 11.5. The van der Waals surface area contributed by atoms with E-state index < -0.39 is 52.2 Å². The number of alkyl halides is 5. The van der Waals surface area contributed by atoms with Crippen molar-refractivity contribution < 1.29 is 35.8 Å². The minimum absolute atomic E-state index is 0.108. The minimum atomic E-state index is -4.43. The van der Waals surface area contributed by atoms with Crippen LogP contribution in [0.4, 0.5) is 33.6 Å². The Bertz CT molecular complexity index is 1580. The molecule has 1 N–H and O–H groups in total. The van der Waals surface area contributed by atoms with Gasteiger partial charge in [0.05, 0.1) is 23.6 Å². The third kappa shape index (κ3) is 6.44. The summed E-state index contributed by atoms with van der Waals surface area (Å²) in [5.41, 5.74) is -0.975. The van der Waals surface area contributed by atoms with Crippen molar-refractivity contribution in [2.75, 3.05) is 16.5 Å². The van der Waals surface area contributed by atoms with E-state index in [1.165, 1.54) is 30.8 Å². The van der Waals surface area contributed by atoms with Crippen molar-refractivity contribution >= 4 is 34.2 Å². The Kier molecular flexibility index (Phi) is 8.49. The molecule has 44 heavy (non-hydrogen) atoms. The molecule has 2 atom stereocenters. The highest BCUT2D eigenvalue weighted by atomic mass is 32.2. The van der Waals surface area contributed by atoms with Gasteiger partial charge in [-0.05, 0) is 67.6 Å². The molecule has 14 heteroatoms. The first kappa shape index (κ1) is 31.5. The fraction of sp³-hybridized carbons (Fsp3) is 0.400. The van der Waals surface area contributed by atoms with Crippen LogP contribution in [-0.4, -0.2) is 49.6 Å². The van der Waals surface area contributed by atoms with E-state index in [0.29, 0.717) is 27.5 Å². The van der Waals surface area contributed by atoms with E-state index in [4.69, 9.17) is 0 Å². The van der Waals surface area contributed by atoms with Gasteiger partial charge < -0.3 is 15.1 Å². The molecule has 2 amide bonds. The van der Waals surface area contributed by atoms with E-state index in [0.717, 1.165) is 43.7 Å². The highest BCUT2D eigenvalue weighted by Crippen LogP contribution is 2.40. The van der Waals surface area contributed by atoms with Crippen molar-refractivity contribution in [1.29, 1.82) is 0 Å². The van der Waals surface area contributed by atoms with E-state index >= 15 is 0 Å². The van der Waals surface area contributed by atoms with E-state index in [1.54, 1.807) is 18.2 Å². The molecule has 3 aromatic rings. The summed E-state index contributed by atoms with van der Waals surface area (Å²) in [7, 11) is -1.33. The van der Waals surface area contributed by atoms with Crippen LogP contribution in [0.5, 0.6) is 0 Å². The van der Waals surface area contributed by atoms with Gasteiger partial charge in [-0.15, -0.1) is 0 Å². The smallest absolute Gasteiger partial charge is 0.334 e. The number of carbonyl (C=O) groups excluding carboxylic acids is 2. The van der Waals surface area contributed by atoms with Gasteiger partial charge in [-0.25, -0.2) is 18.7 Å². The van der Waals surface area contributed by atoms with Crippen molar-refractivity contribution in [3.63, 3.8) is 0 Å². The number of hydrogen-bond acceptors (Lipinski definition) is 6. The Morgan fingerprint density at radius 1 is 1.07 bits per heavy atom. The number of nitrogens with one attached hydrogen (secondary N) is 1. The Hall–Kier alpha value is -3.94. The number of anilines is 2. The number of rotatable bonds is 9. The quantitative estimate of drug-likeness (QED) is 0.303. The molecule has 5 rings (SSSR count). The molecular formula is C30H30F5N5O3S. The summed E-state index contributed by atoms with van der Waals surface area (Å²) >= 11 is 0. The molecule has 0 radical (unpaired) electrons. The van der Waals surface area contributed by atoms with Gasteiger partial charge in [-0.2, -0.15) is 13.2 Å². The SMILES string of the molecule is CS(=O)c1ccc2c(c1)CN(C(=O)C(C)(C)C(F)F)C2C(=O)Nc1cnc(N(Cc2ccc(C(F)(F)F)cc2)C2CC2)nc1. The molecular weight excluding hydrogens is 605 g/mol. The summed E-state index contributed by atoms with van der Waals surface area (Å²) in [6.07, 6.45) is -1.43. The van der Waals surface area contributed by atoms with Gasteiger partial charge in [0.15, 0.2) is 0 Å². The minimum Gasteiger partial charge on any atom is -0.334 e. The second kappa shape index (κ2) is 11.9. The van der Waals surface area contributed by atoms with Crippen molar-refractivity contribution in [2.24, 2.45) is 5.41 Å². The van der Waals surface area contributed by atoms with E-state index in [9.17, 15) is 35.8 Å². The van der Waals surface area contributed by atoms with Gasteiger partial charge in [-0.1, -0.05) is 18.2 Å². The maximum absolute atomic E-state index is 13.8. The number of carbonyl (C=O) groups is 2. The van der Waals surface area contributed by atoms with Crippen LogP contribution in [0, 0.1) is 5.41 Å². The first-order valence-electron chi connectivity index (χ1n) is 13.8. The number of amides is 2. The molecule has 1 fully saturated rings. The van der Waals surface area contributed by atoms with Crippen LogP contribution in [-0.2, 0) is 39.7 Å². The highest BCUT2D eigenvalue weighted by Gasteiger charge is 2.47. The normalized spacial score (nSPS) is 17.4. The zero-order valence-corrected chi connectivity index (χ0v) is 24.9. The van der Waals surface area contributed by atoms with Crippen LogP contribution < -0.4 is 10.2 Å². The molecule has 0 saturated heterocycles. The van der Waals surface area contributed by atoms with Crippen LogP contribution in [0.25, 0.3) is 0 Å². The summed E-state index contributed by atoms with van der Waals surface area (Å²) in [5, 5.41) is 2.68. The lowest BCUT2D eigenvalue weighted by atomic mass is 9.91. The average Bonchev–Trinajstić information content (AvgIpc) is 3.74. The molecule has 8 nitrogen and oxygen atoms in total. The third-order valence-corrected chi connectivity index (χ3v) is 8.70. The number of aromatic nitrogens is 2. The molecule has 1 saturated carbocycles. The van der Waals surface area contributed by atoms with Gasteiger partial charge in [0.1, 0.15) is 11.5 Å².